The minimum atomic E-state index is -1.22. The highest BCUT2D eigenvalue weighted by molar-refractivity contribution is 5.91. The highest BCUT2D eigenvalue weighted by atomic mass is 16.6. The summed E-state index contributed by atoms with van der Waals surface area (Å²) >= 11 is 0. The summed E-state index contributed by atoms with van der Waals surface area (Å²) in [6.45, 7) is 0. The molecule has 0 amide bonds. The van der Waals surface area contributed by atoms with Crippen LogP contribution in [0.4, 0.5) is 5.69 Å². The number of nitrogens with zero attached hydrogens (tertiary/aromatic N) is 1. The Morgan fingerprint density at radius 3 is 2.61 bits per heavy atom. The number of ether oxygens (including phenoxy) is 1. The lowest BCUT2D eigenvalue weighted by molar-refractivity contribution is -0.385. The van der Waals surface area contributed by atoms with E-state index in [0.29, 0.717) is 0 Å². The van der Waals surface area contributed by atoms with Crippen LogP contribution in [0.2, 0.25) is 0 Å². The fourth-order valence-corrected chi connectivity index (χ4v) is 1.25. The lowest BCUT2D eigenvalue weighted by Crippen LogP contribution is -2.03. The van der Waals surface area contributed by atoms with Crippen LogP contribution < -0.4 is 0 Å². The van der Waals surface area contributed by atoms with Gasteiger partial charge in [0, 0.05) is 12.1 Å². The molecule has 0 saturated heterocycles. The van der Waals surface area contributed by atoms with Gasteiger partial charge in [-0.2, -0.15) is 0 Å². The summed E-state index contributed by atoms with van der Waals surface area (Å²) < 4.78 is 4.44. The monoisotopic (exact) mass is 251 g/mol. The van der Waals surface area contributed by atoms with E-state index < -0.39 is 16.9 Å². The van der Waals surface area contributed by atoms with Gasteiger partial charge in [0.25, 0.3) is 5.69 Å². The molecule has 18 heavy (non-hydrogen) atoms. The third-order valence-corrected chi connectivity index (χ3v) is 2.05. The van der Waals surface area contributed by atoms with Crippen LogP contribution in [-0.4, -0.2) is 29.1 Å². The first-order chi connectivity index (χ1) is 8.45. The lowest BCUT2D eigenvalue weighted by atomic mass is 10.1. The van der Waals surface area contributed by atoms with Crippen molar-refractivity contribution in [2.24, 2.45) is 0 Å². The summed E-state index contributed by atoms with van der Waals surface area (Å²) in [5.41, 5.74) is -0.248. The first kappa shape index (κ1) is 13.4. The average molecular weight is 251 g/mol. The zero-order valence-corrected chi connectivity index (χ0v) is 9.32. The zero-order valence-electron chi connectivity index (χ0n) is 9.32. The highest BCUT2D eigenvalue weighted by Gasteiger charge is 2.16. The Hall–Kier alpha value is -2.70. The van der Waals surface area contributed by atoms with Crippen LogP contribution in [0.5, 0.6) is 0 Å². The van der Waals surface area contributed by atoms with Crippen LogP contribution in [0.1, 0.15) is 15.9 Å². The van der Waals surface area contributed by atoms with Crippen molar-refractivity contribution in [3.05, 3.63) is 45.5 Å². The fraction of sp³-hybridized carbons (Fsp3) is 0.0909. The largest absolute Gasteiger partial charge is 0.478 e. The minimum Gasteiger partial charge on any atom is -0.478 e. The quantitative estimate of drug-likeness (QED) is 0.376. The van der Waals surface area contributed by atoms with Crippen LogP contribution in [0.3, 0.4) is 0 Å². The second-order valence-electron chi connectivity index (χ2n) is 3.19. The van der Waals surface area contributed by atoms with E-state index in [1.807, 2.05) is 0 Å². The maximum absolute atomic E-state index is 11.2. The number of carbonyl (C=O) groups excluding carboxylic acids is 1. The SMILES string of the molecule is COC(=O)c1ccc(C=CC(=O)O)c([N+](=O)[O-])c1. The van der Waals surface area contributed by atoms with E-state index in [4.69, 9.17) is 5.11 Å². The Morgan fingerprint density at radius 2 is 2.11 bits per heavy atom. The standard InChI is InChI=1S/C11H9NO6/c1-18-11(15)8-3-2-7(4-5-10(13)14)9(6-8)12(16)17/h2-6H,1H3,(H,13,14). The third kappa shape index (κ3) is 3.14. The lowest BCUT2D eigenvalue weighted by Gasteiger charge is -2.01. The van der Waals surface area contributed by atoms with Gasteiger partial charge in [-0.1, -0.05) is 0 Å². The first-order valence-corrected chi connectivity index (χ1v) is 4.73. The van der Waals surface area contributed by atoms with Gasteiger partial charge in [-0.05, 0) is 18.2 Å². The van der Waals surface area contributed by atoms with Gasteiger partial charge in [0.15, 0.2) is 0 Å². The number of benzene rings is 1. The zero-order chi connectivity index (χ0) is 13.7. The number of methoxy groups -OCH3 is 1. The maximum Gasteiger partial charge on any atom is 0.338 e. The number of carboxylic acid groups (broad SMARTS) is 1. The van der Waals surface area contributed by atoms with Gasteiger partial charge in [-0.3, -0.25) is 10.1 Å². The van der Waals surface area contributed by atoms with Crippen molar-refractivity contribution >= 4 is 23.7 Å². The average Bonchev–Trinajstić information content (AvgIpc) is 2.34. The Morgan fingerprint density at radius 1 is 1.44 bits per heavy atom. The minimum absolute atomic E-state index is 0.0247. The first-order valence-electron chi connectivity index (χ1n) is 4.73. The van der Waals surface area contributed by atoms with Gasteiger partial charge in [0.2, 0.25) is 0 Å². The molecule has 1 rings (SSSR count). The van der Waals surface area contributed by atoms with E-state index in [9.17, 15) is 19.7 Å². The summed E-state index contributed by atoms with van der Waals surface area (Å²) in [5, 5.41) is 19.3. The van der Waals surface area contributed by atoms with E-state index in [2.05, 4.69) is 4.74 Å². The highest BCUT2D eigenvalue weighted by Crippen LogP contribution is 2.22. The van der Waals surface area contributed by atoms with Crippen LogP contribution in [-0.2, 0) is 9.53 Å². The second-order valence-corrected chi connectivity index (χ2v) is 3.19. The van der Waals surface area contributed by atoms with Gasteiger partial charge in [0.1, 0.15) is 0 Å². The molecule has 1 aromatic carbocycles. The smallest absolute Gasteiger partial charge is 0.338 e. The summed E-state index contributed by atoms with van der Waals surface area (Å²) in [5.74, 6) is -1.92. The van der Waals surface area contributed by atoms with Crippen molar-refractivity contribution in [2.45, 2.75) is 0 Å². The maximum atomic E-state index is 11.2. The predicted octanol–water partition coefficient (Wildman–Crippen LogP) is 1.48. The molecule has 0 heterocycles. The summed E-state index contributed by atoms with van der Waals surface area (Å²) in [6.07, 6.45) is 1.86. The van der Waals surface area contributed by atoms with Crippen LogP contribution >= 0.6 is 0 Å². The molecular weight excluding hydrogens is 242 g/mol. The van der Waals surface area contributed by atoms with Gasteiger partial charge in [-0.25, -0.2) is 9.59 Å². The van der Waals surface area contributed by atoms with Crippen molar-refractivity contribution in [1.29, 1.82) is 0 Å². The summed E-state index contributed by atoms with van der Waals surface area (Å²) in [7, 11) is 1.16. The van der Waals surface area contributed by atoms with E-state index in [1.165, 1.54) is 12.1 Å². The van der Waals surface area contributed by atoms with Gasteiger partial charge >= 0.3 is 11.9 Å². The third-order valence-electron chi connectivity index (χ3n) is 2.05. The molecule has 0 bridgehead atoms. The fourth-order valence-electron chi connectivity index (χ4n) is 1.25. The van der Waals surface area contributed by atoms with Crippen molar-refractivity contribution < 1.29 is 24.4 Å². The number of nitro benzene ring substituents is 1. The predicted molar refractivity (Wildman–Crippen MR) is 61.1 cm³/mol. The van der Waals surface area contributed by atoms with Crippen LogP contribution in [0, 0.1) is 10.1 Å². The molecule has 0 radical (unpaired) electrons. The van der Waals surface area contributed by atoms with Gasteiger partial charge in [-0.15, -0.1) is 0 Å². The Labute approximate surface area is 101 Å². The molecule has 0 spiro atoms. The van der Waals surface area contributed by atoms with Gasteiger partial charge in [0.05, 0.1) is 23.2 Å². The Bertz CT molecular complexity index is 534. The van der Waals surface area contributed by atoms with E-state index in [1.54, 1.807) is 0 Å². The number of rotatable bonds is 4. The molecular formula is C11H9NO6. The number of aliphatic carboxylic acids is 1. The number of esters is 1. The molecule has 7 heteroatoms. The summed E-state index contributed by atoms with van der Waals surface area (Å²) in [4.78, 5) is 31.7. The normalized spacial score (nSPS) is 10.3. The molecule has 0 aliphatic heterocycles. The van der Waals surface area contributed by atoms with E-state index in [-0.39, 0.29) is 16.8 Å². The van der Waals surface area contributed by atoms with E-state index >= 15 is 0 Å². The molecule has 0 aliphatic carbocycles. The topological polar surface area (TPSA) is 107 Å². The number of hydrogen-bond donors (Lipinski definition) is 1. The molecule has 0 aliphatic rings. The van der Waals surface area contributed by atoms with Gasteiger partial charge < -0.3 is 9.84 Å². The van der Waals surface area contributed by atoms with Crippen molar-refractivity contribution in [3.63, 3.8) is 0 Å². The Kier molecular flexibility index (Phi) is 4.14. The molecule has 94 valence electrons. The summed E-state index contributed by atoms with van der Waals surface area (Å²) in [6, 6.07) is 3.64. The second kappa shape index (κ2) is 5.58. The number of carboxylic acids is 1. The van der Waals surface area contributed by atoms with Crippen LogP contribution in [0.15, 0.2) is 24.3 Å². The molecule has 0 unspecified atom stereocenters. The van der Waals surface area contributed by atoms with Crippen LogP contribution in [0.25, 0.3) is 6.08 Å². The number of hydrogen-bond acceptors (Lipinski definition) is 5. The number of carbonyl (C=O) groups is 2. The molecule has 0 fully saturated rings. The Balaban J connectivity index is 3.25. The molecule has 0 aromatic heterocycles. The van der Waals surface area contributed by atoms with E-state index in [0.717, 1.165) is 25.3 Å². The molecule has 0 atom stereocenters. The molecule has 0 saturated carbocycles. The molecule has 1 N–H and O–H groups in total. The van der Waals surface area contributed by atoms with Crippen molar-refractivity contribution in [3.8, 4) is 0 Å². The molecule has 7 nitrogen and oxygen atoms in total. The van der Waals surface area contributed by atoms with Crippen molar-refractivity contribution in [1.82, 2.24) is 0 Å². The van der Waals surface area contributed by atoms with Crippen molar-refractivity contribution in [2.75, 3.05) is 7.11 Å². The number of nitro groups is 1. The molecule has 1 aromatic rings.